The molecule has 0 bridgehead atoms. The van der Waals surface area contributed by atoms with Crippen LogP contribution in [0.1, 0.15) is 27.7 Å². The summed E-state index contributed by atoms with van der Waals surface area (Å²) in [6.07, 6.45) is 0. The monoisotopic (exact) mass is 401 g/mol. The van der Waals surface area contributed by atoms with E-state index in [-0.39, 0.29) is 25.8 Å². The summed E-state index contributed by atoms with van der Waals surface area (Å²) >= 11 is 10.3. The minimum atomic E-state index is -0.714. The number of esters is 1. The van der Waals surface area contributed by atoms with Crippen LogP contribution in [0.4, 0.5) is 0 Å². The SMILES string of the molecule is C[C-](C)SC(=S)SC(C)(C)C(=O)OCCO.[CH2-]CO.[O]=[Co]. The molecule has 0 radical (unpaired) electrons. The van der Waals surface area contributed by atoms with Gasteiger partial charge in [-0.15, -0.1) is 0 Å². The van der Waals surface area contributed by atoms with Gasteiger partial charge in [-0.25, -0.2) is 0 Å². The van der Waals surface area contributed by atoms with Crippen LogP contribution in [0.2, 0.25) is 0 Å². The van der Waals surface area contributed by atoms with Crippen molar-refractivity contribution in [1.82, 2.24) is 0 Å². The van der Waals surface area contributed by atoms with E-state index in [9.17, 15) is 4.79 Å². The Morgan fingerprint density at radius 2 is 1.81 bits per heavy atom. The van der Waals surface area contributed by atoms with Gasteiger partial charge < -0.3 is 21.9 Å². The Hall–Kier alpha value is 0.486. The van der Waals surface area contributed by atoms with Crippen LogP contribution in [0, 0.1) is 12.2 Å². The van der Waals surface area contributed by atoms with E-state index in [2.05, 4.69) is 22.6 Å². The maximum atomic E-state index is 11.6. The summed E-state index contributed by atoms with van der Waals surface area (Å²) < 4.78 is 12.8. The predicted octanol–water partition coefficient (Wildman–Crippen LogP) is 2.32. The van der Waals surface area contributed by atoms with Gasteiger partial charge in [-0.2, -0.15) is 13.8 Å². The molecule has 0 amide bonds. The summed E-state index contributed by atoms with van der Waals surface area (Å²) in [6.45, 7) is 10.4. The Morgan fingerprint density at radius 3 is 2.14 bits per heavy atom. The van der Waals surface area contributed by atoms with Crippen molar-refractivity contribution >= 4 is 45.2 Å². The van der Waals surface area contributed by atoms with E-state index >= 15 is 0 Å². The zero-order valence-electron chi connectivity index (χ0n) is 12.5. The molecule has 0 aliphatic rings. The van der Waals surface area contributed by atoms with E-state index in [1.807, 2.05) is 13.8 Å². The predicted molar refractivity (Wildman–Crippen MR) is 87.6 cm³/mol. The van der Waals surface area contributed by atoms with Crippen molar-refractivity contribution < 1.29 is 39.3 Å². The van der Waals surface area contributed by atoms with Gasteiger partial charge in [0.25, 0.3) is 0 Å². The van der Waals surface area contributed by atoms with E-state index in [0.29, 0.717) is 3.53 Å². The summed E-state index contributed by atoms with van der Waals surface area (Å²) in [5, 5.41) is 17.2. The number of ether oxygens (including phenoxy) is 1. The third-order valence-corrected chi connectivity index (χ3v) is 3.86. The van der Waals surface area contributed by atoms with Gasteiger partial charge in [-0.3, -0.25) is 21.8 Å². The van der Waals surface area contributed by atoms with Crippen molar-refractivity contribution in [3.8, 4) is 0 Å². The summed E-state index contributed by atoms with van der Waals surface area (Å²) in [5.74, 6) is -0.358. The molecule has 0 aliphatic heterocycles. The first-order chi connectivity index (χ1) is 9.71. The molecule has 0 heterocycles. The summed E-state index contributed by atoms with van der Waals surface area (Å²) in [5.41, 5.74) is 0. The molecule has 2 N–H and O–H groups in total. The van der Waals surface area contributed by atoms with Crippen LogP contribution in [0.5, 0.6) is 0 Å². The number of carbonyl (C=O) groups is 1. The van der Waals surface area contributed by atoms with Crippen molar-refractivity contribution in [1.29, 1.82) is 0 Å². The number of thioether (sulfide) groups is 2. The van der Waals surface area contributed by atoms with E-state index < -0.39 is 4.75 Å². The molecule has 0 unspecified atom stereocenters. The van der Waals surface area contributed by atoms with Gasteiger partial charge in [0, 0.05) is 0 Å². The molecule has 0 saturated heterocycles. The number of carbonyl (C=O) groups excluding carboxylic acids is 1. The quantitative estimate of drug-likeness (QED) is 0.413. The van der Waals surface area contributed by atoms with Gasteiger partial charge >= 0.3 is 25.5 Å². The van der Waals surface area contributed by atoms with Gasteiger partial charge in [-0.1, -0.05) is 30.6 Å². The second-order valence-corrected chi connectivity index (χ2v) is 8.20. The van der Waals surface area contributed by atoms with Crippen LogP contribution in [-0.4, -0.2) is 44.3 Å². The Bertz CT molecular complexity index is 288. The van der Waals surface area contributed by atoms with Gasteiger partial charge in [-0.05, 0) is 13.8 Å². The molecule has 0 aliphatic carbocycles. The van der Waals surface area contributed by atoms with Crippen molar-refractivity contribution in [2.75, 3.05) is 19.8 Å². The van der Waals surface area contributed by atoms with Gasteiger partial charge in [0.1, 0.15) is 11.4 Å². The molecule has 0 rings (SSSR count). The van der Waals surface area contributed by atoms with Crippen molar-refractivity contribution in [2.45, 2.75) is 32.4 Å². The molecule has 0 fully saturated rings. The Morgan fingerprint density at radius 1 is 1.38 bits per heavy atom. The Balaban J connectivity index is -0.000000569. The second kappa shape index (κ2) is 16.9. The number of hydrogen-bond donors (Lipinski definition) is 2. The minimum absolute atomic E-state index is 0. The van der Waals surface area contributed by atoms with Crippen LogP contribution in [0.3, 0.4) is 0 Å². The molecule has 9 heteroatoms. The zero-order chi connectivity index (χ0) is 17.5. The number of hydrogen-bond acceptors (Lipinski definition) is 8. The number of rotatable bonds is 5. The Labute approximate surface area is 148 Å². The van der Waals surface area contributed by atoms with Crippen molar-refractivity contribution in [3.63, 3.8) is 0 Å². The first-order valence-electron chi connectivity index (χ1n) is 5.74. The van der Waals surface area contributed by atoms with Crippen LogP contribution in [0.15, 0.2) is 0 Å². The first kappa shape index (κ1) is 26.4. The van der Waals surface area contributed by atoms with Gasteiger partial charge in [0.05, 0.1) is 10.1 Å². The second-order valence-electron chi connectivity index (χ2n) is 3.96. The summed E-state index contributed by atoms with van der Waals surface area (Å²) in [7, 11) is 0. The summed E-state index contributed by atoms with van der Waals surface area (Å²) in [4.78, 5) is 11.6. The van der Waals surface area contributed by atoms with Crippen LogP contribution in [0.25, 0.3) is 0 Å². The van der Waals surface area contributed by atoms with E-state index in [1.54, 1.807) is 13.8 Å². The molecule has 5 nitrogen and oxygen atoms in total. The third-order valence-electron chi connectivity index (χ3n) is 1.44. The topological polar surface area (TPSA) is 83.8 Å². The van der Waals surface area contributed by atoms with Crippen LogP contribution >= 0.6 is 35.7 Å². The molecule has 129 valence electrons. The van der Waals surface area contributed by atoms with E-state index in [4.69, 9.17) is 31.0 Å². The Kier molecular flexibility index (Phi) is 21.2. The molecule has 0 atom stereocenters. The number of aliphatic hydroxyl groups is 2. The fourth-order valence-electron chi connectivity index (χ4n) is 0.750. The molecular weight excluding hydrogens is 379 g/mol. The van der Waals surface area contributed by atoms with Gasteiger partial charge in [0.2, 0.25) is 0 Å². The molecular formula is C12H22CoO5S3-2. The number of aliphatic hydroxyl groups excluding tert-OH is 2. The normalized spacial score (nSPS) is 9.95. The van der Waals surface area contributed by atoms with Crippen molar-refractivity contribution in [3.05, 3.63) is 12.2 Å². The molecule has 0 saturated carbocycles. The fourth-order valence-corrected chi connectivity index (χ4v) is 4.06. The average Bonchev–Trinajstić information content (AvgIpc) is 2.37. The first-order valence-corrected chi connectivity index (χ1v) is 8.20. The fraction of sp³-hybridized carbons (Fsp3) is 0.667. The van der Waals surface area contributed by atoms with E-state index in [0.717, 1.165) is 5.25 Å². The van der Waals surface area contributed by atoms with Crippen LogP contribution in [-0.2, 0) is 29.1 Å². The van der Waals surface area contributed by atoms with E-state index in [1.165, 1.54) is 23.5 Å². The average molecular weight is 401 g/mol. The summed E-state index contributed by atoms with van der Waals surface area (Å²) in [6, 6.07) is 0. The van der Waals surface area contributed by atoms with Crippen LogP contribution < -0.4 is 0 Å². The number of thiocarbonyl (C=S) groups is 1. The molecule has 0 aromatic carbocycles. The maximum absolute atomic E-state index is 11.6. The molecule has 0 aromatic heterocycles. The molecule has 21 heavy (non-hydrogen) atoms. The van der Waals surface area contributed by atoms with Crippen molar-refractivity contribution in [2.24, 2.45) is 0 Å². The zero-order valence-corrected chi connectivity index (χ0v) is 16.0. The molecule has 0 aromatic rings. The molecule has 0 spiro atoms. The standard InChI is InChI=1S/C10H17O3S3.C2H5O.Co.O/c1-7(2)15-9(14)16-10(3,4)8(12)13-6-5-11;1-2-3;;/h11H,5-6H2,1-4H3;3H,1-2H2;;/q2*-1;;. The third kappa shape index (κ3) is 18.4. The van der Waals surface area contributed by atoms with Gasteiger partial charge in [0.15, 0.2) is 0 Å².